The molecule has 25 heavy (non-hydrogen) atoms. The Morgan fingerprint density at radius 2 is 1.80 bits per heavy atom. The van der Waals surface area contributed by atoms with E-state index in [1.165, 1.54) is 16.6 Å². The van der Waals surface area contributed by atoms with Crippen LogP contribution in [0.25, 0.3) is 0 Å². The molecule has 1 amide bonds. The van der Waals surface area contributed by atoms with E-state index in [2.05, 4.69) is 20.9 Å². The van der Waals surface area contributed by atoms with Gasteiger partial charge in [-0.15, -0.1) is 0 Å². The van der Waals surface area contributed by atoms with Crippen molar-refractivity contribution in [3.05, 3.63) is 57.8 Å². The summed E-state index contributed by atoms with van der Waals surface area (Å²) in [5.74, 6) is -0.250. The average molecular weight is 445 g/mol. The smallest absolute Gasteiger partial charge is 0.272 e. The lowest BCUT2D eigenvalue weighted by molar-refractivity contribution is 0.0692. The first kappa shape index (κ1) is 18.3. The number of hydrogen-bond donors (Lipinski definition) is 0. The van der Waals surface area contributed by atoms with Crippen molar-refractivity contribution in [2.24, 2.45) is 0 Å². The number of carbonyl (C=O) groups is 1. The summed E-state index contributed by atoms with van der Waals surface area (Å²) in [7, 11) is -3.60. The summed E-state index contributed by atoms with van der Waals surface area (Å²) in [4.78, 5) is 18.3. The molecule has 1 aliphatic rings. The summed E-state index contributed by atoms with van der Waals surface area (Å²) < 4.78 is 27.4. The fourth-order valence-electron chi connectivity index (χ4n) is 2.61. The van der Waals surface area contributed by atoms with Gasteiger partial charge in [-0.3, -0.25) is 9.78 Å². The van der Waals surface area contributed by atoms with Gasteiger partial charge in [0, 0.05) is 41.9 Å². The summed E-state index contributed by atoms with van der Waals surface area (Å²) in [6.07, 6.45) is 1.48. The van der Waals surface area contributed by atoms with E-state index in [0.29, 0.717) is 22.6 Å². The van der Waals surface area contributed by atoms with Crippen molar-refractivity contribution in [3.63, 3.8) is 0 Å². The van der Waals surface area contributed by atoms with Gasteiger partial charge in [-0.25, -0.2) is 8.42 Å². The van der Waals surface area contributed by atoms with Crippen molar-refractivity contribution in [2.75, 3.05) is 26.2 Å². The zero-order valence-electron chi connectivity index (χ0n) is 13.1. The molecule has 0 spiro atoms. The van der Waals surface area contributed by atoms with Gasteiger partial charge in [0.05, 0.1) is 4.90 Å². The summed E-state index contributed by atoms with van der Waals surface area (Å²) >= 11 is 9.17. The molecule has 9 heteroatoms. The lowest BCUT2D eigenvalue weighted by atomic mass is 10.3. The molecule has 0 radical (unpaired) electrons. The maximum atomic E-state index is 12.8. The van der Waals surface area contributed by atoms with Crippen LogP contribution in [0.4, 0.5) is 0 Å². The maximum Gasteiger partial charge on any atom is 0.272 e. The van der Waals surface area contributed by atoms with Crippen LogP contribution in [-0.4, -0.2) is 54.7 Å². The van der Waals surface area contributed by atoms with Crippen molar-refractivity contribution >= 4 is 43.5 Å². The zero-order valence-corrected chi connectivity index (χ0v) is 16.3. The summed E-state index contributed by atoms with van der Waals surface area (Å²) in [6, 6.07) is 9.80. The average Bonchev–Trinajstić information content (AvgIpc) is 2.61. The summed E-state index contributed by atoms with van der Waals surface area (Å²) in [5.41, 5.74) is 0.259. The van der Waals surface area contributed by atoms with E-state index in [4.69, 9.17) is 11.6 Å². The molecule has 3 rings (SSSR count). The highest BCUT2D eigenvalue weighted by atomic mass is 79.9. The monoisotopic (exact) mass is 443 g/mol. The Morgan fingerprint density at radius 1 is 1.12 bits per heavy atom. The number of carbonyl (C=O) groups excluding carboxylic acids is 1. The lowest BCUT2D eigenvalue weighted by Gasteiger charge is -2.34. The zero-order chi connectivity index (χ0) is 18.0. The quantitative estimate of drug-likeness (QED) is 0.730. The van der Waals surface area contributed by atoms with E-state index in [0.717, 1.165) is 0 Å². The van der Waals surface area contributed by atoms with E-state index in [-0.39, 0.29) is 29.6 Å². The minimum absolute atomic E-state index is 0.228. The van der Waals surface area contributed by atoms with Crippen molar-refractivity contribution in [1.82, 2.24) is 14.2 Å². The Hall–Kier alpha value is -1.48. The lowest BCUT2D eigenvalue weighted by Crippen LogP contribution is -2.50. The number of benzene rings is 1. The second-order valence-electron chi connectivity index (χ2n) is 5.49. The summed E-state index contributed by atoms with van der Waals surface area (Å²) in [5, 5.41) is 0.438. The number of rotatable bonds is 3. The molecular formula is C16H15BrClN3O3S. The topological polar surface area (TPSA) is 70.6 Å². The Bertz CT molecular complexity index is 899. The Labute approximate surface area is 159 Å². The van der Waals surface area contributed by atoms with Crippen LogP contribution in [0.1, 0.15) is 10.5 Å². The molecule has 0 aliphatic carbocycles. The number of sulfonamides is 1. The molecule has 0 atom stereocenters. The van der Waals surface area contributed by atoms with Gasteiger partial charge >= 0.3 is 0 Å². The van der Waals surface area contributed by atoms with Gasteiger partial charge in [0.15, 0.2) is 0 Å². The number of nitrogens with zero attached hydrogens (tertiary/aromatic N) is 3. The molecule has 0 bridgehead atoms. The van der Waals surface area contributed by atoms with Gasteiger partial charge in [-0.1, -0.05) is 23.7 Å². The molecule has 2 aromatic rings. The van der Waals surface area contributed by atoms with Crippen LogP contribution in [0.3, 0.4) is 0 Å². The van der Waals surface area contributed by atoms with Crippen molar-refractivity contribution in [3.8, 4) is 0 Å². The van der Waals surface area contributed by atoms with Crippen LogP contribution in [-0.2, 0) is 10.0 Å². The third kappa shape index (κ3) is 3.87. The van der Waals surface area contributed by atoms with Crippen molar-refractivity contribution < 1.29 is 13.2 Å². The molecular weight excluding hydrogens is 430 g/mol. The number of hydrogen-bond acceptors (Lipinski definition) is 4. The van der Waals surface area contributed by atoms with Gasteiger partial charge in [0.1, 0.15) is 5.69 Å². The number of aromatic nitrogens is 1. The first-order chi connectivity index (χ1) is 11.9. The SMILES string of the molecule is O=C(c1cc(Cl)ccn1)N1CCN(S(=O)(=O)c2ccccc2Br)CC1. The molecule has 132 valence electrons. The minimum Gasteiger partial charge on any atom is -0.335 e. The van der Waals surface area contributed by atoms with Crippen LogP contribution in [0.2, 0.25) is 5.02 Å². The normalized spacial score (nSPS) is 16.0. The highest BCUT2D eigenvalue weighted by Gasteiger charge is 2.31. The minimum atomic E-state index is -3.60. The van der Waals surface area contributed by atoms with Crippen molar-refractivity contribution in [2.45, 2.75) is 4.90 Å². The largest absolute Gasteiger partial charge is 0.335 e. The van der Waals surface area contributed by atoms with Crippen LogP contribution in [0, 0.1) is 0 Å². The molecule has 6 nitrogen and oxygen atoms in total. The number of pyridine rings is 1. The van der Waals surface area contributed by atoms with Crippen molar-refractivity contribution in [1.29, 1.82) is 0 Å². The van der Waals surface area contributed by atoms with Crippen LogP contribution >= 0.6 is 27.5 Å². The number of piperazine rings is 1. The number of halogens is 2. The molecule has 1 aliphatic heterocycles. The van der Waals surface area contributed by atoms with E-state index in [9.17, 15) is 13.2 Å². The van der Waals surface area contributed by atoms with Gasteiger partial charge in [-0.05, 0) is 40.2 Å². The first-order valence-electron chi connectivity index (χ1n) is 7.55. The van der Waals surface area contributed by atoms with E-state index in [1.54, 1.807) is 35.2 Å². The standard InChI is InChI=1S/C16H15BrClN3O3S/c17-13-3-1-2-4-15(13)25(23,24)21-9-7-20(8-10-21)16(22)14-11-12(18)5-6-19-14/h1-6,11H,7-10H2. The molecule has 1 saturated heterocycles. The number of amides is 1. The predicted octanol–water partition coefficient (Wildman–Crippen LogP) is 2.64. The van der Waals surface area contributed by atoms with Crippen LogP contribution in [0.5, 0.6) is 0 Å². The van der Waals surface area contributed by atoms with Gasteiger partial charge in [0.25, 0.3) is 5.91 Å². The fraction of sp³-hybridized carbons (Fsp3) is 0.250. The van der Waals surface area contributed by atoms with Gasteiger partial charge in [0.2, 0.25) is 10.0 Å². The summed E-state index contributed by atoms with van der Waals surface area (Å²) in [6.45, 7) is 1.07. The van der Waals surface area contributed by atoms with E-state index in [1.807, 2.05) is 0 Å². The Balaban J connectivity index is 1.72. The predicted molar refractivity (Wildman–Crippen MR) is 98.1 cm³/mol. The van der Waals surface area contributed by atoms with Crippen LogP contribution in [0.15, 0.2) is 52.0 Å². The molecule has 0 saturated carbocycles. The third-order valence-corrected chi connectivity index (χ3v) is 7.07. The fourth-order valence-corrected chi connectivity index (χ4v) is 5.15. The molecule has 1 aromatic heterocycles. The maximum absolute atomic E-state index is 12.8. The molecule has 0 unspecified atom stereocenters. The highest BCUT2D eigenvalue weighted by molar-refractivity contribution is 9.10. The van der Waals surface area contributed by atoms with Gasteiger partial charge in [-0.2, -0.15) is 4.31 Å². The molecule has 0 N–H and O–H groups in total. The molecule has 2 heterocycles. The van der Waals surface area contributed by atoms with Gasteiger partial charge < -0.3 is 4.90 Å². The second-order valence-corrected chi connectivity index (χ2v) is 8.68. The van der Waals surface area contributed by atoms with E-state index >= 15 is 0 Å². The third-order valence-electron chi connectivity index (χ3n) is 3.92. The Morgan fingerprint density at radius 3 is 2.44 bits per heavy atom. The Kier molecular flexibility index (Phi) is 5.43. The second kappa shape index (κ2) is 7.41. The van der Waals surface area contributed by atoms with E-state index < -0.39 is 10.0 Å². The first-order valence-corrected chi connectivity index (χ1v) is 10.2. The molecule has 1 fully saturated rings. The van der Waals surface area contributed by atoms with Crippen LogP contribution < -0.4 is 0 Å². The molecule has 1 aromatic carbocycles. The highest BCUT2D eigenvalue weighted by Crippen LogP contribution is 2.25.